The number of rotatable bonds is 2. The van der Waals surface area contributed by atoms with E-state index >= 15 is 0 Å². The van der Waals surface area contributed by atoms with Crippen LogP contribution < -0.4 is 5.32 Å². The van der Waals surface area contributed by atoms with E-state index in [2.05, 4.69) is 30.1 Å². The fourth-order valence-corrected chi connectivity index (χ4v) is 1.57. The van der Waals surface area contributed by atoms with E-state index in [9.17, 15) is 0 Å². The molecule has 0 amide bonds. The summed E-state index contributed by atoms with van der Waals surface area (Å²) in [5.41, 5.74) is 0. The third-order valence-electron chi connectivity index (χ3n) is 2.54. The van der Waals surface area contributed by atoms with Gasteiger partial charge in [-0.1, -0.05) is 26.2 Å². The zero-order chi connectivity index (χ0) is 10.4. The summed E-state index contributed by atoms with van der Waals surface area (Å²) in [6.45, 7) is 5.22. The smallest absolute Gasteiger partial charge is 0.0972 e. The van der Waals surface area contributed by atoms with E-state index in [1.807, 2.05) is 0 Å². The summed E-state index contributed by atoms with van der Waals surface area (Å²) in [5, 5.41) is 3.36. The van der Waals surface area contributed by atoms with Crippen LogP contribution >= 0.6 is 0 Å². The van der Waals surface area contributed by atoms with Crippen molar-refractivity contribution in [2.45, 2.75) is 45.6 Å². The number of terminal acetylenes is 1. The van der Waals surface area contributed by atoms with Gasteiger partial charge in [-0.2, -0.15) is 0 Å². The maximum atomic E-state index is 5.46. The molecule has 0 aliphatic carbocycles. The van der Waals surface area contributed by atoms with Crippen LogP contribution in [-0.2, 0) is 0 Å². The Balaban J connectivity index is 2.49. The maximum absolute atomic E-state index is 5.46. The van der Waals surface area contributed by atoms with Crippen molar-refractivity contribution in [1.82, 2.24) is 5.32 Å². The lowest BCUT2D eigenvalue weighted by atomic mass is 10.1. The average molecular weight is 192 g/mol. The van der Waals surface area contributed by atoms with Crippen molar-refractivity contribution < 1.29 is 0 Å². The minimum atomic E-state index is 0.131. The van der Waals surface area contributed by atoms with Crippen LogP contribution in [0.2, 0.25) is 0 Å². The van der Waals surface area contributed by atoms with Crippen LogP contribution in [0.3, 0.4) is 0 Å². The topological polar surface area (TPSA) is 24.4 Å². The van der Waals surface area contributed by atoms with Crippen LogP contribution in [0.25, 0.3) is 0 Å². The van der Waals surface area contributed by atoms with E-state index in [0.29, 0.717) is 5.92 Å². The molecule has 0 aromatic carbocycles. The first-order valence-corrected chi connectivity index (χ1v) is 5.50. The van der Waals surface area contributed by atoms with Crippen LogP contribution in [0, 0.1) is 18.3 Å². The van der Waals surface area contributed by atoms with E-state index in [4.69, 9.17) is 6.42 Å². The molecule has 0 saturated heterocycles. The standard InChI is InChI=1S/C12H20N2/c1-4-11(10(2)3)14-12-8-6-5-7-9-13-12/h1,10-11H,5-9H2,2-3H3,(H,13,14). The van der Waals surface area contributed by atoms with Gasteiger partial charge in [-0.05, 0) is 18.8 Å². The molecule has 0 spiro atoms. The summed E-state index contributed by atoms with van der Waals surface area (Å²) >= 11 is 0. The van der Waals surface area contributed by atoms with Gasteiger partial charge < -0.3 is 5.32 Å². The lowest BCUT2D eigenvalue weighted by molar-refractivity contribution is 0.538. The molecule has 1 heterocycles. The van der Waals surface area contributed by atoms with Crippen LogP contribution in [-0.4, -0.2) is 18.4 Å². The largest absolute Gasteiger partial charge is 0.360 e. The molecule has 0 aromatic heterocycles. The minimum Gasteiger partial charge on any atom is -0.360 e. The Bertz CT molecular complexity index is 235. The van der Waals surface area contributed by atoms with Gasteiger partial charge in [0.25, 0.3) is 0 Å². The molecule has 1 aliphatic rings. The molecule has 0 radical (unpaired) electrons. The van der Waals surface area contributed by atoms with Crippen LogP contribution in [0.5, 0.6) is 0 Å². The number of hydrogen-bond donors (Lipinski definition) is 1. The molecule has 1 N–H and O–H groups in total. The van der Waals surface area contributed by atoms with Crippen molar-refractivity contribution in [3.05, 3.63) is 0 Å². The van der Waals surface area contributed by atoms with Gasteiger partial charge in [0.05, 0.1) is 11.9 Å². The first kappa shape index (κ1) is 11.1. The predicted octanol–water partition coefficient (Wildman–Crippen LogP) is 2.21. The summed E-state index contributed by atoms with van der Waals surface area (Å²) in [4.78, 5) is 4.50. The molecule has 0 fully saturated rings. The quantitative estimate of drug-likeness (QED) is 0.666. The Hall–Kier alpha value is -0.970. The molecule has 1 atom stereocenters. The molecule has 2 nitrogen and oxygen atoms in total. The molecule has 1 rings (SSSR count). The van der Waals surface area contributed by atoms with Crippen molar-refractivity contribution in [2.24, 2.45) is 10.9 Å². The maximum Gasteiger partial charge on any atom is 0.0972 e. The summed E-state index contributed by atoms with van der Waals surface area (Å²) in [6.07, 6.45) is 10.3. The number of amidine groups is 1. The SMILES string of the molecule is C#CC(NC1=NCCCCC1)C(C)C. The van der Waals surface area contributed by atoms with Crippen molar-refractivity contribution >= 4 is 5.84 Å². The molecule has 14 heavy (non-hydrogen) atoms. The molecule has 1 unspecified atom stereocenters. The van der Waals surface area contributed by atoms with Gasteiger partial charge in [-0.3, -0.25) is 4.99 Å². The Kier molecular flexibility index (Phi) is 4.52. The monoisotopic (exact) mass is 192 g/mol. The Morgan fingerprint density at radius 2 is 2.14 bits per heavy atom. The Labute approximate surface area is 87.2 Å². The molecule has 0 saturated carbocycles. The summed E-state index contributed by atoms with van der Waals surface area (Å²) in [7, 11) is 0. The highest BCUT2D eigenvalue weighted by molar-refractivity contribution is 5.82. The van der Waals surface area contributed by atoms with Gasteiger partial charge in [0, 0.05) is 13.0 Å². The summed E-state index contributed by atoms with van der Waals surface area (Å²) in [6, 6.07) is 0.131. The lowest BCUT2D eigenvalue weighted by Crippen LogP contribution is -2.37. The van der Waals surface area contributed by atoms with E-state index in [1.54, 1.807) is 0 Å². The molecule has 0 aromatic rings. The van der Waals surface area contributed by atoms with Gasteiger partial charge in [0.15, 0.2) is 0 Å². The lowest BCUT2D eigenvalue weighted by Gasteiger charge is -2.18. The number of nitrogens with one attached hydrogen (secondary N) is 1. The third kappa shape index (κ3) is 3.41. The Morgan fingerprint density at radius 1 is 1.36 bits per heavy atom. The van der Waals surface area contributed by atoms with Crippen molar-refractivity contribution in [3.63, 3.8) is 0 Å². The molecule has 78 valence electrons. The van der Waals surface area contributed by atoms with E-state index in [-0.39, 0.29) is 6.04 Å². The van der Waals surface area contributed by atoms with Gasteiger partial charge in [0.2, 0.25) is 0 Å². The second kappa shape index (κ2) is 5.70. The van der Waals surface area contributed by atoms with Crippen molar-refractivity contribution in [3.8, 4) is 12.3 Å². The minimum absolute atomic E-state index is 0.131. The molecular weight excluding hydrogens is 172 g/mol. The third-order valence-corrected chi connectivity index (χ3v) is 2.54. The van der Waals surface area contributed by atoms with E-state index < -0.39 is 0 Å². The van der Waals surface area contributed by atoms with Crippen LogP contribution in [0.1, 0.15) is 39.5 Å². The second-order valence-corrected chi connectivity index (χ2v) is 4.17. The number of hydrogen-bond acceptors (Lipinski definition) is 2. The summed E-state index contributed by atoms with van der Waals surface area (Å²) in [5.74, 6) is 4.35. The van der Waals surface area contributed by atoms with Gasteiger partial charge >= 0.3 is 0 Å². The summed E-state index contributed by atoms with van der Waals surface area (Å²) < 4.78 is 0. The molecule has 2 heteroatoms. The highest BCUT2D eigenvalue weighted by Gasteiger charge is 2.12. The second-order valence-electron chi connectivity index (χ2n) is 4.17. The van der Waals surface area contributed by atoms with Gasteiger partial charge in [-0.15, -0.1) is 6.42 Å². The highest BCUT2D eigenvalue weighted by Crippen LogP contribution is 2.08. The first-order chi connectivity index (χ1) is 6.74. The number of aliphatic imine (C=N–C) groups is 1. The van der Waals surface area contributed by atoms with Crippen molar-refractivity contribution in [1.29, 1.82) is 0 Å². The van der Waals surface area contributed by atoms with Gasteiger partial charge in [0.1, 0.15) is 0 Å². The van der Waals surface area contributed by atoms with Gasteiger partial charge in [-0.25, -0.2) is 0 Å². The van der Waals surface area contributed by atoms with Crippen LogP contribution in [0.4, 0.5) is 0 Å². The number of nitrogens with zero attached hydrogens (tertiary/aromatic N) is 1. The fourth-order valence-electron chi connectivity index (χ4n) is 1.57. The predicted molar refractivity (Wildman–Crippen MR) is 61.4 cm³/mol. The normalized spacial score (nSPS) is 19.4. The zero-order valence-electron chi connectivity index (χ0n) is 9.21. The van der Waals surface area contributed by atoms with E-state index in [1.165, 1.54) is 19.3 Å². The molecule has 1 aliphatic heterocycles. The molecular formula is C12H20N2. The zero-order valence-corrected chi connectivity index (χ0v) is 9.21. The average Bonchev–Trinajstić information content (AvgIpc) is 2.41. The first-order valence-electron chi connectivity index (χ1n) is 5.50. The van der Waals surface area contributed by atoms with E-state index in [0.717, 1.165) is 18.8 Å². The highest BCUT2D eigenvalue weighted by atomic mass is 15.0. The Morgan fingerprint density at radius 3 is 2.79 bits per heavy atom. The molecule has 0 bridgehead atoms. The fraction of sp³-hybridized carbons (Fsp3) is 0.750. The van der Waals surface area contributed by atoms with Crippen molar-refractivity contribution in [2.75, 3.05) is 6.54 Å². The van der Waals surface area contributed by atoms with Crippen LogP contribution in [0.15, 0.2) is 4.99 Å².